The van der Waals surface area contributed by atoms with E-state index in [0.717, 1.165) is 43.8 Å². The Balaban J connectivity index is 1.77. The highest BCUT2D eigenvalue weighted by Crippen LogP contribution is 2.15. The summed E-state index contributed by atoms with van der Waals surface area (Å²) in [5, 5.41) is 3.36. The summed E-state index contributed by atoms with van der Waals surface area (Å²) in [6.07, 6.45) is 1.50. The molecule has 0 saturated carbocycles. The second kappa shape index (κ2) is 4.23. The average molecular weight is 217 g/mol. The molecule has 1 saturated heterocycles. The van der Waals surface area contributed by atoms with E-state index in [2.05, 4.69) is 27.3 Å². The van der Waals surface area contributed by atoms with Crippen LogP contribution >= 0.6 is 0 Å². The van der Waals surface area contributed by atoms with Crippen LogP contribution in [0.2, 0.25) is 0 Å². The van der Waals surface area contributed by atoms with E-state index in [0.29, 0.717) is 0 Å². The van der Waals surface area contributed by atoms with Crippen molar-refractivity contribution >= 4 is 11.1 Å². The minimum absolute atomic E-state index is 0.865. The van der Waals surface area contributed by atoms with Crippen molar-refractivity contribution in [2.24, 2.45) is 0 Å². The molecule has 3 rings (SSSR count). The molecule has 0 spiro atoms. The largest absolute Gasteiger partial charge is 0.443 e. The van der Waals surface area contributed by atoms with E-state index in [1.807, 2.05) is 6.07 Å². The van der Waals surface area contributed by atoms with Crippen molar-refractivity contribution in [1.82, 2.24) is 15.2 Å². The zero-order valence-electron chi connectivity index (χ0n) is 9.15. The van der Waals surface area contributed by atoms with Crippen LogP contribution in [0.5, 0.6) is 0 Å². The van der Waals surface area contributed by atoms with Gasteiger partial charge in [-0.2, -0.15) is 0 Å². The Bertz CT molecular complexity index is 474. The van der Waals surface area contributed by atoms with Gasteiger partial charge in [0.05, 0.1) is 0 Å². The molecule has 1 aromatic heterocycles. The molecule has 84 valence electrons. The van der Waals surface area contributed by atoms with Gasteiger partial charge < -0.3 is 9.73 Å². The Morgan fingerprint density at radius 3 is 3.06 bits per heavy atom. The van der Waals surface area contributed by atoms with E-state index >= 15 is 0 Å². The predicted octanol–water partition coefficient (Wildman–Crippen LogP) is 1.23. The minimum atomic E-state index is 0.865. The topological polar surface area (TPSA) is 41.3 Å². The number of nitrogens with zero attached hydrogens (tertiary/aromatic N) is 2. The summed E-state index contributed by atoms with van der Waals surface area (Å²) in [4.78, 5) is 6.63. The second-order valence-electron chi connectivity index (χ2n) is 4.18. The van der Waals surface area contributed by atoms with Gasteiger partial charge in [-0.25, -0.2) is 4.98 Å². The van der Waals surface area contributed by atoms with E-state index in [1.165, 1.54) is 12.0 Å². The van der Waals surface area contributed by atoms with Crippen molar-refractivity contribution in [1.29, 1.82) is 0 Å². The molecule has 1 aromatic carbocycles. The third kappa shape index (κ3) is 1.94. The summed E-state index contributed by atoms with van der Waals surface area (Å²) in [6, 6.07) is 6.23. The number of hydrogen-bond donors (Lipinski definition) is 1. The number of piperazine rings is 1. The molecule has 0 bridgehead atoms. The van der Waals surface area contributed by atoms with Crippen LogP contribution in [0.15, 0.2) is 29.0 Å². The first kappa shape index (κ1) is 9.81. The van der Waals surface area contributed by atoms with Crippen LogP contribution in [-0.4, -0.2) is 36.1 Å². The van der Waals surface area contributed by atoms with Crippen LogP contribution < -0.4 is 5.32 Å². The maximum absolute atomic E-state index is 5.23. The normalized spacial score (nSPS) is 18.0. The molecule has 1 aliphatic heterocycles. The molecule has 4 heteroatoms. The van der Waals surface area contributed by atoms with Crippen molar-refractivity contribution in [2.75, 3.05) is 26.2 Å². The summed E-state index contributed by atoms with van der Waals surface area (Å²) in [6.45, 7) is 5.43. The number of rotatable bonds is 2. The van der Waals surface area contributed by atoms with Gasteiger partial charge in [-0.3, -0.25) is 4.90 Å². The van der Waals surface area contributed by atoms with Crippen LogP contribution in [0, 0.1) is 0 Å². The zero-order valence-corrected chi connectivity index (χ0v) is 9.15. The number of hydrogen-bond acceptors (Lipinski definition) is 4. The first-order chi connectivity index (χ1) is 7.92. The van der Waals surface area contributed by atoms with E-state index in [1.54, 1.807) is 0 Å². The van der Waals surface area contributed by atoms with Gasteiger partial charge in [0.15, 0.2) is 12.0 Å². The van der Waals surface area contributed by atoms with Gasteiger partial charge in [-0.15, -0.1) is 0 Å². The number of oxazole rings is 1. The molecule has 1 N–H and O–H groups in total. The maximum atomic E-state index is 5.23. The SMILES string of the molecule is c1nc2cc(CN3CCNCC3)ccc2o1. The fraction of sp³-hybridized carbons (Fsp3) is 0.417. The number of fused-ring (bicyclic) bond motifs is 1. The van der Waals surface area contributed by atoms with Gasteiger partial charge in [-0.05, 0) is 17.7 Å². The molecule has 0 unspecified atom stereocenters. The number of benzene rings is 1. The summed E-state index contributed by atoms with van der Waals surface area (Å²) in [5.74, 6) is 0. The van der Waals surface area contributed by atoms with Crippen LogP contribution in [0.25, 0.3) is 11.1 Å². The molecule has 16 heavy (non-hydrogen) atoms. The average Bonchev–Trinajstić information content (AvgIpc) is 2.77. The van der Waals surface area contributed by atoms with Gasteiger partial charge in [0, 0.05) is 32.7 Å². The lowest BCUT2D eigenvalue weighted by molar-refractivity contribution is 0.233. The predicted molar refractivity (Wildman–Crippen MR) is 62.2 cm³/mol. The summed E-state index contributed by atoms with van der Waals surface area (Å²) >= 11 is 0. The first-order valence-corrected chi connectivity index (χ1v) is 5.67. The third-order valence-corrected chi connectivity index (χ3v) is 3.01. The van der Waals surface area contributed by atoms with E-state index < -0.39 is 0 Å². The maximum Gasteiger partial charge on any atom is 0.181 e. The molecule has 4 nitrogen and oxygen atoms in total. The summed E-state index contributed by atoms with van der Waals surface area (Å²) < 4.78 is 5.23. The monoisotopic (exact) mass is 217 g/mol. The molecule has 2 heterocycles. The van der Waals surface area contributed by atoms with E-state index in [9.17, 15) is 0 Å². The van der Waals surface area contributed by atoms with Crippen molar-refractivity contribution in [2.45, 2.75) is 6.54 Å². The summed E-state index contributed by atoms with van der Waals surface area (Å²) in [5.41, 5.74) is 3.12. The Morgan fingerprint density at radius 2 is 2.19 bits per heavy atom. The highest BCUT2D eigenvalue weighted by Gasteiger charge is 2.10. The highest BCUT2D eigenvalue weighted by molar-refractivity contribution is 5.72. The first-order valence-electron chi connectivity index (χ1n) is 5.67. The highest BCUT2D eigenvalue weighted by atomic mass is 16.3. The number of aromatic nitrogens is 1. The smallest absolute Gasteiger partial charge is 0.181 e. The van der Waals surface area contributed by atoms with Crippen LogP contribution in [0.3, 0.4) is 0 Å². The molecule has 1 aliphatic rings. The molecular weight excluding hydrogens is 202 g/mol. The van der Waals surface area contributed by atoms with Crippen molar-refractivity contribution in [3.8, 4) is 0 Å². The number of nitrogens with one attached hydrogen (secondary N) is 1. The Hall–Kier alpha value is -1.39. The molecule has 1 fully saturated rings. The lowest BCUT2D eigenvalue weighted by Gasteiger charge is -2.27. The quantitative estimate of drug-likeness (QED) is 0.821. The van der Waals surface area contributed by atoms with Gasteiger partial charge in [0.25, 0.3) is 0 Å². The Kier molecular flexibility index (Phi) is 2.60. The van der Waals surface area contributed by atoms with Gasteiger partial charge in [0.1, 0.15) is 5.52 Å². The Labute approximate surface area is 94.3 Å². The Morgan fingerprint density at radius 1 is 1.31 bits per heavy atom. The standard InChI is InChI=1S/C12H15N3O/c1-2-12-11(14-9-16-12)7-10(1)8-15-5-3-13-4-6-15/h1-2,7,9,13H,3-6,8H2. The van der Waals surface area contributed by atoms with Crippen molar-refractivity contribution in [3.63, 3.8) is 0 Å². The summed E-state index contributed by atoms with van der Waals surface area (Å²) in [7, 11) is 0. The van der Waals surface area contributed by atoms with Crippen molar-refractivity contribution < 1.29 is 4.42 Å². The van der Waals surface area contributed by atoms with Crippen LogP contribution in [0.4, 0.5) is 0 Å². The minimum Gasteiger partial charge on any atom is -0.443 e. The molecule has 0 atom stereocenters. The van der Waals surface area contributed by atoms with E-state index in [-0.39, 0.29) is 0 Å². The van der Waals surface area contributed by atoms with Crippen molar-refractivity contribution in [3.05, 3.63) is 30.2 Å². The molecular formula is C12H15N3O. The van der Waals surface area contributed by atoms with Gasteiger partial charge >= 0.3 is 0 Å². The lowest BCUT2D eigenvalue weighted by Crippen LogP contribution is -2.42. The molecule has 2 aromatic rings. The second-order valence-corrected chi connectivity index (χ2v) is 4.18. The third-order valence-electron chi connectivity index (χ3n) is 3.01. The molecule has 0 radical (unpaired) electrons. The fourth-order valence-corrected chi connectivity index (χ4v) is 2.13. The van der Waals surface area contributed by atoms with Gasteiger partial charge in [-0.1, -0.05) is 6.07 Å². The fourth-order valence-electron chi connectivity index (χ4n) is 2.13. The molecule has 0 aliphatic carbocycles. The lowest BCUT2D eigenvalue weighted by atomic mass is 10.2. The molecule has 0 amide bonds. The zero-order chi connectivity index (χ0) is 10.8. The van der Waals surface area contributed by atoms with E-state index in [4.69, 9.17) is 4.42 Å². The van der Waals surface area contributed by atoms with Crippen LogP contribution in [-0.2, 0) is 6.54 Å². The van der Waals surface area contributed by atoms with Gasteiger partial charge in [0.2, 0.25) is 0 Å². The van der Waals surface area contributed by atoms with Crippen LogP contribution in [0.1, 0.15) is 5.56 Å².